The largest absolute Gasteiger partial charge is 0.477 e. The van der Waals surface area contributed by atoms with Crippen LogP contribution in [0.25, 0.3) is 10.9 Å². The lowest BCUT2D eigenvalue weighted by Gasteiger charge is -2.07. The van der Waals surface area contributed by atoms with Gasteiger partial charge in [-0.3, -0.25) is 0 Å². The molecule has 25 heavy (non-hydrogen) atoms. The van der Waals surface area contributed by atoms with Gasteiger partial charge in [-0.25, -0.2) is 9.97 Å². The van der Waals surface area contributed by atoms with Gasteiger partial charge in [0.25, 0.3) is 0 Å². The zero-order valence-corrected chi connectivity index (χ0v) is 15.0. The monoisotopic (exact) mass is 338 g/mol. The highest BCUT2D eigenvalue weighted by Gasteiger charge is 2.03. The Kier molecular flexibility index (Phi) is 7.86. The maximum Gasteiger partial charge on any atom is 0.224 e. The van der Waals surface area contributed by atoms with E-state index < -0.39 is 0 Å². The second-order valence-corrected chi connectivity index (χ2v) is 5.86. The van der Waals surface area contributed by atoms with Crippen molar-refractivity contribution in [1.29, 1.82) is 0 Å². The summed E-state index contributed by atoms with van der Waals surface area (Å²) < 4.78 is 5.80. The molecule has 0 atom stereocenters. The molecule has 0 aliphatic rings. The van der Waals surface area contributed by atoms with Gasteiger partial charge in [-0.05, 0) is 31.0 Å². The van der Waals surface area contributed by atoms with E-state index in [-0.39, 0.29) is 0 Å². The van der Waals surface area contributed by atoms with Crippen molar-refractivity contribution < 1.29 is 9.84 Å². The maximum atomic E-state index is 8.07. The van der Waals surface area contributed by atoms with Gasteiger partial charge in [0.05, 0.1) is 17.5 Å². The van der Waals surface area contributed by atoms with Gasteiger partial charge in [-0.2, -0.15) is 0 Å². The number of aromatic nitrogens is 2. The first-order valence-electron chi connectivity index (χ1n) is 8.73. The molecule has 3 aromatic rings. The minimum absolute atomic E-state index is 0.344. The van der Waals surface area contributed by atoms with Crippen molar-refractivity contribution in [1.82, 2.24) is 9.97 Å². The molecule has 1 heterocycles. The number of aliphatic hydroxyl groups is 1. The summed E-state index contributed by atoms with van der Waals surface area (Å²) in [5, 5.41) is 9.02. The summed E-state index contributed by atoms with van der Waals surface area (Å²) in [4.78, 5) is 8.45. The van der Waals surface area contributed by atoms with Crippen LogP contribution in [0.2, 0.25) is 0 Å². The van der Waals surface area contributed by atoms with E-state index in [0.29, 0.717) is 19.1 Å². The Balaban J connectivity index is 0.000000399. The quantitative estimate of drug-likeness (QED) is 0.726. The summed E-state index contributed by atoms with van der Waals surface area (Å²) in [7, 11) is 0. The Labute approximate surface area is 149 Å². The number of hydrogen-bond donors (Lipinski definition) is 1. The number of aryl methyl sites for hydroxylation is 1. The minimum Gasteiger partial charge on any atom is -0.477 e. The number of aliphatic hydroxyl groups excluding tert-OH is 1. The summed E-state index contributed by atoms with van der Waals surface area (Å²) in [5.41, 5.74) is 3.46. The van der Waals surface area contributed by atoms with Crippen molar-refractivity contribution >= 4 is 10.9 Å². The number of rotatable bonds is 6. The molecule has 0 bridgehead atoms. The standard InChI is InChI=1S/C17H16N2O.C4H10O/c1-13-6-8-14(9-7-13)10-11-20-17-15-4-2-3-5-16(15)18-12-19-17;1-2-3-4-5/h2-9,12H,10-11H2,1H3;5H,2-4H2,1H3. The molecule has 0 aliphatic carbocycles. The van der Waals surface area contributed by atoms with Crippen LogP contribution in [-0.4, -0.2) is 28.3 Å². The molecular weight excluding hydrogens is 312 g/mol. The maximum absolute atomic E-state index is 8.07. The van der Waals surface area contributed by atoms with E-state index in [1.54, 1.807) is 6.33 Å². The van der Waals surface area contributed by atoms with Gasteiger partial charge in [-0.1, -0.05) is 55.3 Å². The van der Waals surface area contributed by atoms with Crippen molar-refractivity contribution in [2.75, 3.05) is 13.2 Å². The van der Waals surface area contributed by atoms with E-state index in [9.17, 15) is 0 Å². The van der Waals surface area contributed by atoms with E-state index in [1.165, 1.54) is 11.1 Å². The third-order valence-electron chi connectivity index (χ3n) is 3.77. The molecule has 0 aliphatic heterocycles. The molecule has 1 N–H and O–H groups in total. The molecule has 0 spiro atoms. The molecule has 0 saturated heterocycles. The molecule has 2 aromatic carbocycles. The number of benzene rings is 2. The molecule has 3 rings (SSSR count). The fourth-order valence-corrected chi connectivity index (χ4v) is 2.27. The van der Waals surface area contributed by atoms with Crippen LogP contribution in [0, 0.1) is 6.92 Å². The van der Waals surface area contributed by atoms with Crippen LogP contribution >= 0.6 is 0 Å². The zero-order valence-electron chi connectivity index (χ0n) is 15.0. The predicted octanol–water partition coefficient (Wildman–Crippen LogP) is 4.34. The third-order valence-corrected chi connectivity index (χ3v) is 3.77. The molecule has 0 saturated carbocycles. The fraction of sp³-hybridized carbons (Fsp3) is 0.333. The van der Waals surface area contributed by atoms with Crippen LogP contribution in [0.4, 0.5) is 0 Å². The van der Waals surface area contributed by atoms with Gasteiger partial charge in [0.15, 0.2) is 0 Å². The number of hydrogen-bond acceptors (Lipinski definition) is 4. The van der Waals surface area contributed by atoms with Gasteiger partial charge in [-0.15, -0.1) is 0 Å². The van der Waals surface area contributed by atoms with Crippen molar-refractivity contribution in [3.63, 3.8) is 0 Å². The summed E-state index contributed by atoms with van der Waals surface area (Å²) in [6, 6.07) is 16.4. The van der Waals surface area contributed by atoms with Crippen LogP contribution in [0.1, 0.15) is 30.9 Å². The van der Waals surface area contributed by atoms with Gasteiger partial charge in [0, 0.05) is 13.0 Å². The zero-order chi connectivity index (χ0) is 17.9. The highest BCUT2D eigenvalue weighted by atomic mass is 16.5. The van der Waals surface area contributed by atoms with Crippen LogP contribution in [-0.2, 0) is 6.42 Å². The van der Waals surface area contributed by atoms with Crippen molar-refractivity contribution in [2.45, 2.75) is 33.1 Å². The Morgan fingerprint density at radius 3 is 2.44 bits per heavy atom. The first-order valence-corrected chi connectivity index (χ1v) is 8.73. The Hall–Kier alpha value is -2.46. The SMILES string of the molecule is CCCCO.Cc1ccc(CCOc2ncnc3ccccc23)cc1. The Morgan fingerprint density at radius 2 is 1.76 bits per heavy atom. The van der Waals surface area contributed by atoms with Crippen molar-refractivity contribution in [3.05, 3.63) is 66.0 Å². The Bertz CT molecular complexity index is 750. The summed E-state index contributed by atoms with van der Waals surface area (Å²) in [5.74, 6) is 0.655. The molecular formula is C21H26N2O2. The van der Waals surface area contributed by atoms with Gasteiger partial charge < -0.3 is 9.84 Å². The second kappa shape index (κ2) is 10.4. The van der Waals surface area contributed by atoms with Gasteiger partial charge >= 0.3 is 0 Å². The molecule has 1 aromatic heterocycles. The van der Waals surface area contributed by atoms with E-state index in [2.05, 4.69) is 48.1 Å². The Morgan fingerprint density at radius 1 is 1.00 bits per heavy atom. The van der Waals surface area contributed by atoms with E-state index in [0.717, 1.165) is 30.2 Å². The van der Waals surface area contributed by atoms with Gasteiger partial charge in [0.1, 0.15) is 6.33 Å². The first-order chi connectivity index (χ1) is 12.2. The molecule has 4 nitrogen and oxygen atoms in total. The molecule has 0 fully saturated rings. The number of fused-ring (bicyclic) bond motifs is 1. The highest BCUT2D eigenvalue weighted by molar-refractivity contribution is 5.82. The lowest BCUT2D eigenvalue weighted by molar-refractivity contribution is 0.287. The smallest absolute Gasteiger partial charge is 0.224 e. The van der Waals surface area contributed by atoms with Crippen molar-refractivity contribution in [3.8, 4) is 5.88 Å². The number of ether oxygens (including phenoxy) is 1. The second-order valence-electron chi connectivity index (χ2n) is 5.86. The molecule has 4 heteroatoms. The minimum atomic E-state index is 0.344. The van der Waals surface area contributed by atoms with E-state index >= 15 is 0 Å². The van der Waals surface area contributed by atoms with Crippen molar-refractivity contribution in [2.24, 2.45) is 0 Å². The van der Waals surface area contributed by atoms with Crippen LogP contribution in [0.15, 0.2) is 54.9 Å². The van der Waals surface area contributed by atoms with E-state index in [1.807, 2.05) is 24.3 Å². The first kappa shape index (κ1) is 18.9. The van der Waals surface area contributed by atoms with Gasteiger partial charge in [0.2, 0.25) is 5.88 Å². The normalized spacial score (nSPS) is 10.2. The lowest BCUT2D eigenvalue weighted by atomic mass is 10.1. The summed E-state index contributed by atoms with van der Waals surface area (Å²) in [6.07, 6.45) is 4.46. The average molecular weight is 338 g/mol. The highest BCUT2D eigenvalue weighted by Crippen LogP contribution is 2.20. The average Bonchev–Trinajstić information content (AvgIpc) is 2.65. The number of unbranched alkanes of at least 4 members (excludes halogenated alkanes) is 1. The third kappa shape index (κ3) is 6.16. The molecule has 0 unspecified atom stereocenters. The summed E-state index contributed by atoms with van der Waals surface area (Å²) in [6.45, 7) is 5.10. The molecule has 0 radical (unpaired) electrons. The van der Waals surface area contributed by atoms with Crippen LogP contribution < -0.4 is 4.74 Å². The molecule has 132 valence electrons. The number of para-hydroxylation sites is 1. The lowest BCUT2D eigenvalue weighted by Crippen LogP contribution is -2.03. The van der Waals surface area contributed by atoms with Crippen LogP contribution in [0.5, 0.6) is 5.88 Å². The topological polar surface area (TPSA) is 55.2 Å². The predicted molar refractivity (Wildman–Crippen MR) is 102 cm³/mol. The number of nitrogens with zero attached hydrogens (tertiary/aromatic N) is 2. The van der Waals surface area contributed by atoms with E-state index in [4.69, 9.17) is 9.84 Å². The fourth-order valence-electron chi connectivity index (χ4n) is 2.27. The summed E-state index contributed by atoms with van der Waals surface area (Å²) >= 11 is 0. The molecule has 0 amide bonds. The van der Waals surface area contributed by atoms with Crippen LogP contribution in [0.3, 0.4) is 0 Å².